The Labute approximate surface area is 179 Å². The van der Waals surface area contributed by atoms with Crippen LogP contribution in [0.3, 0.4) is 0 Å². The molecule has 1 amide bonds. The number of hydrogen-bond acceptors (Lipinski definition) is 5. The molecule has 1 aromatic heterocycles. The average molecular weight is 426 g/mol. The lowest BCUT2D eigenvalue weighted by molar-refractivity contribution is -0.116. The van der Waals surface area contributed by atoms with E-state index in [-0.39, 0.29) is 17.8 Å². The van der Waals surface area contributed by atoms with Crippen LogP contribution in [-0.2, 0) is 11.2 Å². The van der Waals surface area contributed by atoms with Gasteiger partial charge in [0.15, 0.2) is 5.82 Å². The zero-order valence-electron chi connectivity index (χ0n) is 17.1. The van der Waals surface area contributed by atoms with Gasteiger partial charge in [-0.25, -0.2) is 9.07 Å². The maximum atomic E-state index is 13.5. The predicted octanol–water partition coefficient (Wildman–Crippen LogP) is 4.38. The molecule has 0 saturated heterocycles. The number of nitrogens with one attached hydrogen (secondary N) is 2. The van der Waals surface area contributed by atoms with Crippen molar-refractivity contribution in [3.05, 3.63) is 70.8 Å². The highest BCUT2D eigenvalue weighted by Gasteiger charge is 2.37. The minimum atomic E-state index is -0.499. The van der Waals surface area contributed by atoms with Crippen molar-refractivity contribution in [2.45, 2.75) is 50.1 Å². The van der Waals surface area contributed by atoms with Gasteiger partial charge in [-0.05, 0) is 55.2 Å². The molecule has 0 aliphatic carbocycles. The molecule has 6 nitrogen and oxygen atoms in total. The van der Waals surface area contributed by atoms with Crippen molar-refractivity contribution in [3.63, 3.8) is 0 Å². The minimum absolute atomic E-state index is 0.137. The van der Waals surface area contributed by atoms with E-state index in [1.165, 1.54) is 23.9 Å². The number of carbonyl (C=O) groups excluding carboxylic acids is 1. The maximum absolute atomic E-state index is 13.5. The van der Waals surface area contributed by atoms with Crippen molar-refractivity contribution < 1.29 is 9.18 Å². The molecule has 4 rings (SSSR count). The Kier molecular flexibility index (Phi) is 5.76. The Morgan fingerprint density at radius 3 is 2.70 bits per heavy atom. The minimum Gasteiger partial charge on any atom is -0.325 e. The van der Waals surface area contributed by atoms with Gasteiger partial charge in [0.05, 0.1) is 6.04 Å². The van der Waals surface area contributed by atoms with E-state index in [9.17, 15) is 9.18 Å². The summed E-state index contributed by atoms with van der Waals surface area (Å²) in [6.07, 6.45) is 1.71. The number of benzene rings is 2. The Morgan fingerprint density at radius 2 is 1.97 bits per heavy atom. The topological polar surface area (TPSA) is 71.8 Å². The first-order chi connectivity index (χ1) is 14.5. The van der Waals surface area contributed by atoms with Crippen molar-refractivity contribution in [2.24, 2.45) is 0 Å². The molecular formula is C22H24FN5OS. The molecule has 2 atom stereocenters. The number of thioether (sulfide) groups is 1. The number of hydrogen-bond donors (Lipinski definition) is 2. The van der Waals surface area contributed by atoms with Gasteiger partial charge in [-0.15, -0.1) is 10.2 Å². The third-order valence-corrected chi connectivity index (χ3v) is 6.33. The van der Waals surface area contributed by atoms with Gasteiger partial charge < -0.3 is 10.7 Å². The quantitative estimate of drug-likeness (QED) is 0.635. The Hall–Kier alpha value is -2.87. The first kappa shape index (κ1) is 20.4. The smallest absolute Gasteiger partial charge is 0.240 e. The van der Waals surface area contributed by atoms with Crippen molar-refractivity contribution in [1.82, 2.24) is 14.9 Å². The number of anilines is 1. The zero-order chi connectivity index (χ0) is 21.3. The largest absolute Gasteiger partial charge is 0.325 e. The normalized spacial score (nSPS) is 17.9. The van der Waals surface area contributed by atoms with Crippen LogP contribution in [0.2, 0.25) is 0 Å². The molecule has 0 fully saturated rings. The van der Waals surface area contributed by atoms with Gasteiger partial charge in [-0.2, -0.15) is 0 Å². The molecule has 156 valence electrons. The summed E-state index contributed by atoms with van der Waals surface area (Å²) >= 11 is 1.37. The van der Waals surface area contributed by atoms with Crippen molar-refractivity contribution >= 4 is 23.4 Å². The molecule has 8 heteroatoms. The third kappa shape index (κ3) is 4.05. The van der Waals surface area contributed by atoms with E-state index in [1.54, 1.807) is 12.1 Å². The second kappa shape index (κ2) is 8.47. The van der Waals surface area contributed by atoms with Crippen LogP contribution in [0.25, 0.3) is 0 Å². The molecule has 30 heavy (non-hydrogen) atoms. The molecule has 0 saturated carbocycles. The average Bonchev–Trinajstić information content (AvgIpc) is 3.12. The van der Waals surface area contributed by atoms with Gasteiger partial charge in [0.1, 0.15) is 11.1 Å². The monoisotopic (exact) mass is 425 g/mol. The molecule has 2 heterocycles. The van der Waals surface area contributed by atoms with Gasteiger partial charge >= 0.3 is 0 Å². The number of rotatable bonds is 5. The fourth-order valence-electron chi connectivity index (χ4n) is 3.48. The number of aromatic nitrogens is 3. The number of amides is 1. The summed E-state index contributed by atoms with van der Waals surface area (Å²) in [5.41, 5.74) is 7.08. The van der Waals surface area contributed by atoms with Crippen LogP contribution in [-0.4, -0.2) is 26.0 Å². The second-order valence-corrected chi connectivity index (χ2v) is 8.60. The highest BCUT2D eigenvalue weighted by molar-refractivity contribution is 8.00. The third-order valence-electron chi connectivity index (χ3n) is 5.12. The molecule has 0 radical (unpaired) electrons. The number of aryl methyl sites for hydroxylation is 3. The summed E-state index contributed by atoms with van der Waals surface area (Å²) in [5, 5.41) is 11.7. The summed E-state index contributed by atoms with van der Waals surface area (Å²) in [6, 6.07) is 11.8. The summed E-state index contributed by atoms with van der Waals surface area (Å²) in [4.78, 5) is 13.3. The van der Waals surface area contributed by atoms with Crippen LogP contribution in [0.5, 0.6) is 0 Å². The fraction of sp³-hybridized carbons (Fsp3) is 0.318. The van der Waals surface area contributed by atoms with Crippen LogP contribution in [0.15, 0.2) is 47.6 Å². The number of carbonyl (C=O) groups is 1. The lowest BCUT2D eigenvalue weighted by atomic mass is 10.0. The van der Waals surface area contributed by atoms with Gasteiger partial charge in [0, 0.05) is 12.1 Å². The van der Waals surface area contributed by atoms with Crippen molar-refractivity contribution in [3.8, 4) is 0 Å². The van der Waals surface area contributed by atoms with Crippen LogP contribution < -0.4 is 10.7 Å². The Balaban J connectivity index is 1.68. The number of nitrogens with zero attached hydrogens (tertiary/aromatic N) is 3. The van der Waals surface area contributed by atoms with E-state index in [2.05, 4.69) is 27.9 Å². The highest BCUT2D eigenvalue weighted by Crippen LogP contribution is 2.38. The number of fused-ring (bicyclic) bond motifs is 1. The molecule has 2 aromatic carbocycles. The number of halogens is 1. The lowest BCUT2D eigenvalue weighted by Gasteiger charge is -2.33. The van der Waals surface area contributed by atoms with E-state index in [0.29, 0.717) is 5.16 Å². The van der Waals surface area contributed by atoms with Gasteiger partial charge in [-0.1, -0.05) is 43.0 Å². The molecule has 1 aliphatic heterocycles. The fourth-order valence-corrected chi connectivity index (χ4v) is 4.58. The van der Waals surface area contributed by atoms with E-state index in [0.717, 1.165) is 41.0 Å². The van der Waals surface area contributed by atoms with Crippen LogP contribution in [0.1, 0.15) is 41.9 Å². The van der Waals surface area contributed by atoms with Crippen molar-refractivity contribution in [1.29, 1.82) is 0 Å². The Morgan fingerprint density at radius 1 is 1.20 bits per heavy atom. The van der Waals surface area contributed by atoms with E-state index in [4.69, 9.17) is 0 Å². The van der Waals surface area contributed by atoms with E-state index < -0.39 is 5.25 Å². The summed E-state index contributed by atoms with van der Waals surface area (Å²) in [6.45, 7) is 6.03. The Bertz CT molecular complexity index is 1070. The zero-order valence-corrected chi connectivity index (χ0v) is 18.0. The predicted molar refractivity (Wildman–Crippen MR) is 117 cm³/mol. The summed E-state index contributed by atoms with van der Waals surface area (Å²) in [7, 11) is 0. The first-order valence-corrected chi connectivity index (χ1v) is 10.9. The molecule has 0 spiro atoms. The molecule has 0 unspecified atom stereocenters. The highest BCUT2D eigenvalue weighted by atomic mass is 32.2. The molecule has 3 aromatic rings. The van der Waals surface area contributed by atoms with Crippen LogP contribution >= 0.6 is 11.8 Å². The van der Waals surface area contributed by atoms with E-state index in [1.807, 2.05) is 36.7 Å². The standard InChI is InChI=1S/C22H24FN5OS/c1-4-5-18-25-26-22-28(18)27-19(15-8-10-16(23)11-9-15)20(30-22)21(29)24-17-12-13(2)6-7-14(17)3/h6-12,19-20,27H,4-5H2,1-3H3,(H,24,29)/t19-,20-/m0/s1. The van der Waals surface area contributed by atoms with Gasteiger partial charge in [-0.3, -0.25) is 4.79 Å². The van der Waals surface area contributed by atoms with Crippen LogP contribution in [0, 0.1) is 19.7 Å². The first-order valence-electron chi connectivity index (χ1n) is 9.97. The maximum Gasteiger partial charge on any atom is 0.240 e. The van der Waals surface area contributed by atoms with E-state index >= 15 is 0 Å². The second-order valence-electron chi connectivity index (χ2n) is 7.49. The van der Waals surface area contributed by atoms with Gasteiger partial charge in [0.25, 0.3) is 0 Å². The molecular weight excluding hydrogens is 401 g/mol. The van der Waals surface area contributed by atoms with Crippen LogP contribution in [0.4, 0.5) is 10.1 Å². The lowest BCUT2D eigenvalue weighted by Crippen LogP contribution is -2.41. The SMILES string of the molecule is CCCc1nnc2n1N[C@@H](c1ccc(F)cc1)[C@@H](C(=O)Nc1cc(C)ccc1C)S2. The summed E-state index contributed by atoms with van der Waals surface area (Å²) < 4.78 is 15.4. The van der Waals surface area contributed by atoms with Gasteiger partial charge in [0.2, 0.25) is 11.1 Å². The molecule has 0 bridgehead atoms. The molecule has 2 N–H and O–H groups in total. The van der Waals surface area contributed by atoms with Crippen molar-refractivity contribution in [2.75, 3.05) is 10.7 Å². The summed E-state index contributed by atoms with van der Waals surface area (Å²) in [5.74, 6) is 0.373. The molecule has 1 aliphatic rings.